The van der Waals surface area contributed by atoms with Gasteiger partial charge in [0.05, 0.1) is 19.3 Å². The van der Waals surface area contributed by atoms with E-state index in [1.165, 1.54) is 0 Å². The van der Waals surface area contributed by atoms with E-state index in [0.29, 0.717) is 6.54 Å². The molecule has 0 aromatic rings. The molecule has 0 aromatic heterocycles. The number of rotatable bonds is 11. The maximum absolute atomic E-state index is 5.96. The molecule has 2 unspecified atom stereocenters. The number of ether oxygens (including phenoxy) is 3. The van der Waals surface area contributed by atoms with Crippen LogP contribution < -0.4 is 5.73 Å². The molecule has 0 radical (unpaired) electrons. The van der Waals surface area contributed by atoms with Crippen LogP contribution in [0.4, 0.5) is 0 Å². The Morgan fingerprint density at radius 1 is 1.21 bits per heavy atom. The molecule has 1 rings (SSSR count). The van der Waals surface area contributed by atoms with Crippen molar-refractivity contribution < 1.29 is 14.2 Å². The van der Waals surface area contributed by atoms with Gasteiger partial charge in [-0.05, 0) is 26.7 Å². The lowest BCUT2D eigenvalue weighted by atomic mass is 10.1. The Labute approximate surface area is 117 Å². The van der Waals surface area contributed by atoms with Gasteiger partial charge in [-0.15, -0.1) is 0 Å². The van der Waals surface area contributed by atoms with Gasteiger partial charge < -0.3 is 19.9 Å². The summed E-state index contributed by atoms with van der Waals surface area (Å²) in [6.45, 7) is 10.3. The maximum atomic E-state index is 5.96. The van der Waals surface area contributed by atoms with E-state index in [1.807, 2.05) is 13.8 Å². The van der Waals surface area contributed by atoms with Crippen LogP contribution in [-0.2, 0) is 14.2 Å². The van der Waals surface area contributed by atoms with Gasteiger partial charge in [-0.25, -0.2) is 0 Å². The third-order valence-electron chi connectivity index (χ3n) is 3.56. The van der Waals surface area contributed by atoms with Gasteiger partial charge in [-0.1, -0.05) is 0 Å². The predicted octanol–water partition coefficient (Wildman–Crippen LogP) is 0.868. The fourth-order valence-corrected chi connectivity index (χ4v) is 2.54. The molecule has 5 nitrogen and oxygen atoms in total. The van der Waals surface area contributed by atoms with Crippen LogP contribution in [0, 0.1) is 0 Å². The molecule has 1 aliphatic heterocycles. The monoisotopic (exact) mass is 274 g/mol. The SMILES string of the molecule is CCOCCN(CCOCC)C(CN)C1CCCO1. The van der Waals surface area contributed by atoms with Crippen molar-refractivity contribution in [1.82, 2.24) is 4.90 Å². The normalized spacial score (nSPS) is 21.2. The summed E-state index contributed by atoms with van der Waals surface area (Å²) in [5.41, 5.74) is 5.96. The van der Waals surface area contributed by atoms with Gasteiger partial charge in [0.1, 0.15) is 0 Å². The smallest absolute Gasteiger partial charge is 0.0743 e. The van der Waals surface area contributed by atoms with Crippen LogP contribution in [0.3, 0.4) is 0 Å². The highest BCUT2D eigenvalue weighted by atomic mass is 16.5. The third kappa shape index (κ3) is 6.19. The molecule has 0 aliphatic carbocycles. The Kier molecular flexibility index (Phi) is 9.38. The third-order valence-corrected chi connectivity index (χ3v) is 3.56. The second-order valence-corrected chi connectivity index (χ2v) is 4.78. The zero-order valence-corrected chi connectivity index (χ0v) is 12.5. The van der Waals surface area contributed by atoms with Crippen LogP contribution in [-0.4, -0.2) is 69.7 Å². The molecule has 1 aliphatic rings. The Morgan fingerprint density at radius 3 is 2.26 bits per heavy atom. The van der Waals surface area contributed by atoms with E-state index in [4.69, 9.17) is 19.9 Å². The minimum absolute atomic E-state index is 0.272. The Hall–Kier alpha value is -0.200. The van der Waals surface area contributed by atoms with Crippen molar-refractivity contribution in [2.75, 3.05) is 52.7 Å². The lowest BCUT2D eigenvalue weighted by molar-refractivity contribution is 0.00116. The van der Waals surface area contributed by atoms with Crippen LogP contribution in [0.15, 0.2) is 0 Å². The number of nitrogens with two attached hydrogens (primary N) is 1. The summed E-state index contributed by atoms with van der Waals surface area (Å²) < 4.78 is 16.7. The molecule has 0 saturated carbocycles. The topological polar surface area (TPSA) is 57.0 Å². The Balaban J connectivity index is 2.46. The molecule has 19 heavy (non-hydrogen) atoms. The van der Waals surface area contributed by atoms with Crippen LogP contribution in [0.1, 0.15) is 26.7 Å². The summed E-state index contributed by atoms with van der Waals surface area (Å²) in [5.74, 6) is 0. The highest BCUT2D eigenvalue weighted by Crippen LogP contribution is 2.19. The summed E-state index contributed by atoms with van der Waals surface area (Å²) >= 11 is 0. The van der Waals surface area contributed by atoms with E-state index in [9.17, 15) is 0 Å². The number of hydrogen-bond acceptors (Lipinski definition) is 5. The van der Waals surface area contributed by atoms with Gasteiger partial charge in [-0.2, -0.15) is 0 Å². The number of hydrogen-bond donors (Lipinski definition) is 1. The fourth-order valence-electron chi connectivity index (χ4n) is 2.54. The maximum Gasteiger partial charge on any atom is 0.0743 e. The van der Waals surface area contributed by atoms with E-state index in [0.717, 1.165) is 59.0 Å². The van der Waals surface area contributed by atoms with Crippen LogP contribution >= 0.6 is 0 Å². The first-order chi connectivity index (χ1) is 9.33. The van der Waals surface area contributed by atoms with Crippen molar-refractivity contribution in [3.63, 3.8) is 0 Å². The molecule has 2 N–H and O–H groups in total. The summed E-state index contributed by atoms with van der Waals surface area (Å²) in [6.07, 6.45) is 2.53. The second kappa shape index (κ2) is 10.6. The average Bonchev–Trinajstić information content (AvgIpc) is 2.93. The first kappa shape index (κ1) is 16.9. The molecule has 0 bridgehead atoms. The van der Waals surface area contributed by atoms with E-state index in [-0.39, 0.29) is 12.1 Å². The highest BCUT2D eigenvalue weighted by molar-refractivity contribution is 4.84. The lowest BCUT2D eigenvalue weighted by Crippen LogP contribution is -2.50. The van der Waals surface area contributed by atoms with Gasteiger partial charge in [0.2, 0.25) is 0 Å². The molecule has 5 heteroatoms. The van der Waals surface area contributed by atoms with Crippen molar-refractivity contribution in [3.8, 4) is 0 Å². The molecular weight excluding hydrogens is 244 g/mol. The van der Waals surface area contributed by atoms with Crippen molar-refractivity contribution in [3.05, 3.63) is 0 Å². The quantitative estimate of drug-likeness (QED) is 0.567. The highest BCUT2D eigenvalue weighted by Gasteiger charge is 2.29. The van der Waals surface area contributed by atoms with Crippen LogP contribution in [0.25, 0.3) is 0 Å². The summed E-state index contributed by atoms with van der Waals surface area (Å²) in [4.78, 5) is 2.36. The lowest BCUT2D eigenvalue weighted by Gasteiger charge is -2.34. The molecule has 0 aromatic carbocycles. The van der Waals surface area contributed by atoms with Crippen molar-refractivity contribution >= 4 is 0 Å². The first-order valence-corrected chi connectivity index (χ1v) is 7.54. The second-order valence-electron chi connectivity index (χ2n) is 4.78. The van der Waals surface area contributed by atoms with Gasteiger partial charge in [0.15, 0.2) is 0 Å². The van der Waals surface area contributed by atoms with E-state index < -0.39 is 0 Å². The number of nitrogens with zero attached hydrogens (tertiary/aromatic N) is 1. The molecule has 0 spiro atoms. The molecule has 1 heterocycles. The molecular formula is C14H30N2O3. The van der Waals surface area contributed by atoms with E-state index in [1.54, 1.807) is 0 Å². The fraction of sp³-hybridized carbons (Fsp3) is 1.00. The van der Waals surface area contributed by atoms with E-state index in [2.05, 4.69) is 4.90 Å². The Bertz CT molecular complexity index is 201. The van der Waals surface area contributed by atoms with Crippen LogP contribution in [0.5, 0.6) is 0 Å². The zero-order chi connectivity index (χ0) is 13.9. The molecule has 0 amide bonds. The summed E-state index contributed by atoms with van der Waals surface area (Å²) in [7, 11) is 0. The minimum atomic E-state index is 0.272. The molecule has 2 atom stereocenters. The summed E-state index contributed by atoms with van der Waals surface area (Å²) in [6, 6.07) is 0.281. The minimum Gasteiger partial charge on any atom is -0.380 e. The van der Waals surface area contributed by atoms with Gasteiger partial charge in [0, 0.05) is 45.5 Å². The predicted molar refractivity (Wildman–Crippen MR) is 76.4 cm³/mol. The molecule has 114 valence electrons. The van der Waals surface area contributed by atoms with Crippen LogP contribution in [0.2, 0.25) is 0 Å². The van der Waals surface area contributed by atoms with Gasteiger partial charge in [-0.3, -0.25) is 4.90 Å². The Morgan fingerprint density at radius 2 is 1.84 bits per heavy atom. The standard InChI is InChI=1S/C14H30N2O3/c1-3-17-10-7-16(8-11-18-4-2)13(12-15)14-6-5-9-19-14/h13-14H,3-12,15H2,1-2H3. The summed E-state index contributed by atoms with van der Waals surface area (Å²) in [5, 5.41) is 0. The van der Waals surface area contributed by atoms with Crippen molar-refractivity contribution in [2.45, 2.75) is 38.8 Å². The molecule has 1 saturated heterocycles. The average molecular weight is 274 g/mol. The molecule has 1 fully saturated rings. The largest absolute Gasteiger partial charge is 0.380 e. The van der Waals surface area contributed by atoms with Gasteiger partial charge >= 0.3 is 0 Å². The van der Waals surface area contributed by atoms with Gasteiger partial charge in [0.25, 0.3) is 0 Å². The van der Waals surface area contributed by atoms with E-state index >= 15 is 0 Å². The van der Waals surface area contributed by atoms with Crippen molar-refractivity contribution in [2.24, 2.45) is 5.73 Å². The zero-order valence-electron chi connectivity index (χ0n) is 12.5. The first-order valence-electron chi connectivity index (χ1n) is 7.54. The van der Waals surface area contributed by atoms with Crippen molar-refractivity contribution in [1.29, 1.82) is 0 Å².